The molecule has 0 aliphatic heterocycles. The summed E-state index contributed by atoms with van der Waals surface area (Å²) in [6.45, 7) is 2.30. The Kier molecular flexibility index (Phi) is 4.08. The van der Waals surface area contributed by atoms with Crippen LogP contribution in [0.2, 0.25) is 0 Å². The van der Waals surface area contributed by atoms with E-state index in [4.69, 9.17) is 0 Å². The van der Waals surface area contributed by atoms with Gasteiger partial charge in [0.15, 0.2) is 0 Å². The Morgan fingerprint density at radius 2 is 1.88 bits per heavy atom. The van der Waals surface area contributed by atoms with Crippen LogP contribution < -0.4 is 5.32 Å². The van der Waals surface area contributed by atoms with Crippen molar-refractivity contribution in [3.8, 4) is 0 Å². The monoisotopic (exact) mass is 239 g/mol. The zero-order valence-electron chi connectivity index (χ0n) is 10.9. The average Bonchev–Trinajstić information content (AvgIpc) is 2.78. The molecule has 0 saturated heterocycles. The van der Waals surface area contributed by atoms with Crippen LogP contribution in [0.1, 0.15) is 58.3 Å². The molecule has 2 saturated carbocycles. The van der Waals surface area contributed by atoms with E-state index in [0.717, 1.165) is 25.7 Å². The zero-order chi connectivity index (χ0) is 12.3. The number of hydrogen-bond donors (Lipinski definition) is 2. The van der Waals surface area contributed by atoms with E-state index in [1.807, 2.05) is 0 Å². The molecule has 17 heavy (non-hydrogen) atoms. The third-order valence-electron chi connectivity index (χ3n) is 4.72. The van der Waals surface area contributed by atoms with Crippen LogP contribution in [0.4, 0.5) is 0 Å². The number of rotatable bonds is 3. The van der Waals surface area contributed by atoms with Crippen LogP contribution in [-0.4, -0.2) is 23.7 Å². The number of amides is 1. The molecule has 0 radical (unpaired) electrons. The minimum absolute atomic E-state index is 0.141. The number of carbonyl (C=O) groups excluding carboxylic acids is 1. The molecule has 0 bridgehead atoms. The summed E-state index contributed by atoms with van der Waals surface area (Å²) in [7, 11) is 0. The van der Waals surface area contributed by atoms with Gasteiger partial charge in [-0.25, -0.2) is 0 Å². The average molecular weight is 239 g/mol. The third-order valence-corrected chi connectivity index (χ3v) is 4.72. The SMILES string of the molecule is CC1(C(=O)NC2CCCCC2CO)CCCC1. The molecule has 0 aromatic heterocycles. The van der Waals surface area contributed by atoms with Crippen molar-refractivity contribution in [2.24, 2.45) is 11.3 Å². The van der Waals surface area contributed by atoms with Gasteiger partial charge in [0.1, 0.15) is 0 Å². The predicted molar refractivity (Wildman–Crippen MR) is 67.5 cm³/mol. The number of aliphatic hydroxyl groups excluding tert-OH is 1. The first-order chi connectivity index (χ1) is 8.15. The maximum atomic E-state index is 12.3. The molecule has 2 unspecified atom stereocenters. The number of aliphatic hydroxyl groups is 1. The third kappa shape index (κ3) is 2.82. The van der Waals surface area contributed by atoms with Crippen LogP contribution in [0.3, 0.4) is 0 Å². The van der Waals surface area contributed by atoms with Crippen LogP contribution in [-0.2, 0) is 4.79 Å². The molecule has 0 spiro atoms. The van der Waals surface area contributed by atoms with Gasteiger partial charge in [-0.05, 0) is 25.7 Å². The van der Waals surface area contributed by atoms with Gasteiger partial charge in [0, 0.05) is 24.0 Å². The quantitative estimate of drug-likeness (QED) is 0.793. The summed E-state index contributed by atoms with van der Waals surface area (Å²) in [5.74, 6) is 0.498. The van der Waals surface area contributed by atoms with E-state index in [1.165, 1.54) is 25.7 Å². The van der Waals surface area contributed by atoms with Gasteiger partial charge in [-0.2, -0.15) is 0 Å². The topological polar surface area (TPSA) is 49.3 Å². The van der Waals surface area contributed by atoms with Crippen molar-refractivity contribution in [1.29, 1.82) is 0 Å². The van der Waals surface area contributed by atoms with Gasteiger partial charge in [0.05, 0.1) is 0 Å². The molecule has 0 heterocycles. The molecule has 98 valence electrons. The van der Waals surface area contributed by atoms with Gasteiger partial charge < -0.3 is 10.4 Å². The lowest BCUT2D eigenvalue weighted by atomic mass is 9.82. The first-order valence-electron chi connectivity index (χ1n) is 7.07. The summed E-state index contributed by atoms with van der Waals surface area (Å²) in [5, 5.41) is 12.6. The van der Waals surface area contributed by atoms with E-state index in [-0.39, 0.29) is 29.9 Å². The fraction of sp³-hybridized carbons (Fsp3) is 0.929. The van der Waals surface area contributed by atoms with Crippen molar-refractivity contribution in [3.05, 3.63) is 0 Å². The Bertz CT molecular complexity index is 271. The van der Waals surface area contributed by atoms with Crippen LogP contribution in [0.25, 0.3) is 0 Å². The summed E-state index contributed by atoms with van der Waals surface area (Å²) >= 11 is 0. The van der Waals surface area contributed by atoms with Gasteiger partial charge in [-0.1, -0.05) is 32.6 Å². The Morgan fingerprint density at radius 3 is 2.53 bits per heavy atom. The second-order valence-electron chi connectivity index (χ2n) is 6.07. The van der Waals surface area contributed by atoms with Crippen LogP contribution in [0.15, 0.2) is 0 Å². The molecule has 3 nitrogen and oxygen atoms in total. The molecular weight excluding hydrogens is 214 g/mol. The minimum atomic E-state index is -0.141. The predicted octanol–water partition coefficient (Wildman–Crippen LogP) is 2.23. The lowest BCUT2D eigenvalue weighted by Crippen LogP contribution is -2.48. The number of hydrogen-bond acceptors (Lipinski definition) is 2. The van der Waals surface area contributed by atoms with E-state index in [0.29, 0.717) is 0 Å². The lowest BCUT2D eigenvalue weighted by molar-refractivity contribution is -0.131. The highest BCUT2D eigenvalue weighted by Crippen LogP contribution is 2.38. The molecule has 1 amide bonds. The second kappa shape index (κ2) is 5.38. The maximum absolute atomic E-state index is 12.3. The van der Waals surface area contributed by atoms with E-state index >= 15 is 0 Å². The van der Waals surface area contributed by atoms with Gasteiger partial charge >= 0.3 is 0 Å². The Morgan fingerprint density at radius 1 is 1.24 bits per heavy atom. The molecule has 2 atom stereocenters. The fourth-order valence-corrected chi connectivity index (χ4v) is 3.34. The standard InChI is InChI=1S/C14H25NO2/c1-14(8-4-5-9-14)13(17)15-12-7-3-2-6-11(12)10-16/h11-12,16H,2-10H2,1H3,(H,15,17). The highest BCUT2D eigenvalue weighted by Gasteiger charge is 2.38. The van der Waals surface area contributed by atoms with E-state index in [2.05, 4.69) is 12.2 Å². The molecule has 2 aliphatic carbocycles. The minimum Gasteiger partial charge on any atom is -0.396 e. The zero-order valence-corrected chi connectivity index (χ0v) is 10.9. The summed E-state index contributed by atoms with van der Waals surface area (Å²) < 4.78 is 0. The molecule has 2 fully saturated rings. The van der Waals surface area contributed by atoms with E-state index in [1.54, 1.807) is 0 Å². The number of carbonyl (C=O) groups is 1. The summed E-state index contributed by atoms with van der Waals surface area (Å²) in [4.78, 5) is 12.3. The number of nitrogens with one attached hydrogen (secondary N) is 1. The largest absolute Gasteiger partial charge is 0.396 e. The first-order valence-corrected chi connectivity index (χ1v) is 7.07. The normalized spacial score (nSPS) is 32.4. The van der Waals surface area contributed by atoms with Crippen molar-refractivity contribution in [1.82, 2.24) is 5.32 Å². The van der Waals surface area contributed by atoms with Crippen LogP contribution in [0, 0.1) is 11.3 Å². The molecule has 2 rings (SSSR count). The van der Waals surface area contributed by atoms with Gasteiger partial charge in [-0.15, -0.1) is 0 Å². The van der Waals surface area contributed by atoms with E-state index in [9.17, 15) is 9.90 Å². The summed E-state index contributed by atoms with van der Waals surface area (Å²) in [6.07, 6.45) is 8.86. The summed E-state index contributed by atoms with van der Waals surface area (Å²) in [5.41, 5.74) is -0.141. The summed E-state index contributed by atoms with van der Waals surface area (Å²) in [6, 6.07) is 0.207. The van der Waals surface area contributed by atoms with Crippen molar-refractivity contribution >= 4 is 5.91 Å². The van der Waals surface area contributed by atoms with Gasteiger partial charge in [0.25, 0.3) is 0 Å². The Labute approximate surface area is 104 Å². The lowest BCUT2D eigenvalue weighted by Gasteiger charge is -2.34. The molecule has 3 heteroatoms. The molecular formula is C14H25NO2. The van der Waals surface area contributed by atoms with Gasteiger partial charge in [0.2, 0.25) is 5.91 Å². The Balaban J connectivity index is 1.92. The molecule has 2 N–H and O–H groups in total. The fourth-order valence-electron chi connectivity index (χ4n) is 3.34. The van der Waals surface area contributed by atoms with Crippen molar-refractivity contribution in [3.63, 3.8) is 0 Å². The van der Waals surface area contributed by atoms with E-state index < -0.39 is 0 Å². The highest BCUT2D eigenvalue weighted by atomic mass is 16.3. The van der Waals surface area contributed by atoms with Crippen molar-refractivity contribution < 1.29 is 9.90 Å². The van der Waals surface area contributed by atoms with Crippen LogP contribution >= 0.6 is 0 Å². The van der Waals surface area contributed by atoms with Gasteiger partial charge in [-0.3, -0.25) is 4.79 Å². The molecule has 2 aliphatic rings. The molecule has 0 aromatic rings. The van der Waals surface area contributed by atoms with Crippen molar-refractivity contribution in [2.45, 2.75) is 64.3 Å². The highest BCUT2D eigenvalue weighted by molar-refractivity contribution is 5.82. The van der Waals surface area contributed by atoms with Crippen molar-refractivity contribution in [2.75, 3.05) is 6.61 Å². The molecule has 0 aromatic carbocycles. The maximum Gasteiger partial charge on any atom is 0.226 e. The smallest absolute Gasteiger partial charge is 0.226 e. The first kappa shape index (κ1) is 12.9. The second-order valence-corrected chi connectivity index (χ2v) is 6.07. The Hall–Kier alpha value is -0.570. The van der Waals surface area contributed by atoms with Crippen LogP contribution in [0.5, 0.6) is 0 Å².